The summed E-state index contributed by atoms with van der Waals surface area (Å²) in [6.07, 6.45) is 5.56. The van der Waals surface area contributed by atoms with Crippen molar-refractivity contribution in [2.75, 3.05) is 5.32 Å². The van der Waals surface area contributed by atoms with E-state index in [4.69, 9.17) is 12.2 Å². The number of benzene rings is 1. The maximum Gasteiger partial charge on any atom is 0.246 e. The van der Waals surface area contributed by atoms with Crippen molar-refractivity contribution in [2.45, 2.75) is 40.2 Å². The number of aryl methyl sites for hydroxylation is 3. The predicted octanol–water partition coefficient (Wildman–Crippen LogP) is 3.74. The number of aromatic nitrogens is 4. The predicted molar refractivity (Wildman–Crippen MR) is 105 cm³/mol. The van der Waals surface area contributed by atoms with Crippen molar-refractivity contribution in [2.24, 2.45) is 0 Å². The lowest BCUT2D eigenvalue weighted by Crippen LogP contribution is -2.20. The van der Waals surface area contributed by atoms with E-state index in [-0.39, 0.29) is 12.5 Å². The molecule has 0 spiro atoms. The minimum absolute atomic E-state index is 0.0801. The molecular weight excluding hydrogens is 346 g/mol. The molecule has 0 aliphatic heterocycles. The highest BCUT2D eigenvalue weighted by Crippen LogP contribution is 2.14. The monoisotopic (exact) mass is 369 g/mol. The average molecular weight is 369 g/mol. The van der Waals surface area contributed by atoms with Crippen molar-refractivity contribution in [1.82, 2.24) is 19.1 Å². The number of hydrogen-bond donors (Lipinski definition) is 1. The Kier molecular flexibility index (Phi) is 5.37. The van der Waals surface area contributed by atoms with E-state index in [1.165, 1.54) is 5.56 Å². The second-order valence-corrected chi connectivity index (χ2v) is 6.69. The molecule has 0 aliphatic rings. The van der Waals surface area contributed by atoms with Crippen molar-refractivity contribution in [3.8, 4) is 0 Å². The molecular formula is C19H23N5OS. The molecule has 3 aromatic rings. The van der Waals surface area contributed by atoms with Crippen molar-refractivity contribution in [1.29, 1.82) is 0 Å². The van der Waals surface area contributed by atoms with Gasteiger partial charge in [0, 0.05) is 24.5 Å². The minimum atomic E-state index is -0.149. The van der Waals surface area contributed by atoms with E-state index < -0.39 is 0 Å². The van der Waals surface area contributed by atoms with E-state index in [0.29, 0.717) is 4.77 Å². The smallest absolute Gasteiger partial charge is 0.246 e. The Morgan fingerprint density at radius 1 is 1.19 bits per heavy atom. The number of nitrogens with one attached hydrogen (secondary N) is 1. The van der Waals surface area contributed by atoms with Crippen LogP contribution in [-0.2, 0) is 17.8 Å². The van der Waals surface area contributed by atoms with E-state index in [9.17, 15) is 4.79 Å². The normalized spacial score (nSPS) is 10.9. The summed E-state index contributed by atoms with van der Waals surface area (Å²) in [5.41, 5.74) is 3.12. The summed E-state index contributed by atoms with van der Waals surface area (Å²) >= 11 is 5.56. The number of carbonyl (C=O) groups excluding carboxylic acids is 1. The molecule has 3 rings (SSSR count). The van der Waals surface area contributed by atoms with Crippen LogP contribution in [0.4, 0.5) is 5.69 Å². The summed E-state index contributed by atoms with van der Waals surface area (Å²) in [5.74, 6) is 0.692. The van der Waals surface area contributed by atoms with Crippen LogP contribution < -0.4 is 5.32 Å². The summed E-state index contributed by atoms with van der Waals surface area (Å²) in [5, 5.41) is 7.48. The second-order valence-electron chi connectivity index (χ2n) is 6.33. The maximum absolute atomic E-state index is 12.5. The summed E-state index contributed by atoms with van der Waals surface area (Å²) in [6, 6.07) is 9.73. The number of nitrogens with zero attached hydrogens (tertiary/aromatic N) is 4. The van der Waals surface area contributed by atoms with Gasteiger partial charge in [-0.3, -0.25) is 9.47 Å². The Morgan fingerprint density at radius 2 is 1.92 bits per heavy atom. The van der Waals surface area contributed by atoms with Crippen LogP contribution in [0.1, 0.15) is 30.3 Å². The molecule has 0 saturated heterocycles. The second kappa shape index (κ2) is 7.70. The summed E-state index contributed by atoms with van der Waals surface area (Å²) in [7, 11) is 0. The lowest BCUT2D eigenvalue weighted by molar-refractivity contribution is -0.116. The van der Waals surface area contributed by atoms with Gasteiger partial charge in [-0.15, -0.1) is 0 Å². The van der Waals surface area contributed by atoms with E-state index in [2.05, 4.69) is 17.3 Å². The molecule has 2 heterocycles. The standard InChI is InChI=1S/C19H23N5OS/c1-4-7-17-21-23(19(26)24(17)22-10-5-6-11-22)13-18(25)20-16-9-8-14(2)15(3)12-16/h5-6,8-12H,4,7,13H2,1-3H3,(H,20,25). The topological polar surface area (TPSA) is 56.8 Å². The van der Waals surface area contributed by atoms with Crippen molar-refractivity contribution in [3.05, 3.63) is 64.4 Å². The van der Waals surface area contributed by atoms with Crippen molar-refractivity contribution < 1.29 is 4.79 Å². The van der Waals surface area contributed by atoms with Gasteiger partial charge in [0.1, 0.15) is 6.54 Å². The Bertz CT molecular complexity index is 968. The summed E-state index contributed by atoms with van der Waals surface area (Å²) in [6.45, 7) is 6.24. The van der Waals surface area contributed by atoms with Crippen LogP contribution >= 0.6 is 12.2 Å². The number of hydrogen-bond acceptors (Lipinski definition) is 3. The molecule has 26 heavy (non-hydrogen) atoms. The lowest BCUT2D eigenvalue weighted by Gasteiger charge is -2.08. The van der Waals surface area contributed by atoms with E-state index in [1.54, 1.807) is 4.68 Å². The van der Waals surface area contributed by atoms with Crippen molar-refractivity contribution >= 4 is 23.8 Å². The molecule has 0 radical (unpaired) electrons. The van der Waals surface area contributed by atoms with Gasteiger partial charge < -0.3 is 5.32 Å². The van der Waals surface area contributed by atoms with Gasteiger partial charge in [0.25, 0.3) is 0 Å². The molecule has 0 bridgehead atoms. The highest BCUT2D eigenvalue weighted by Gasteiger charge is 2.14. The van der Waals surface area contributed by atoms with Crippen LogP contribution in [0.2, 0.25) is 0 Å². The summed E-state index contributed by atoms with van der Waals surface area (Å²) < 4.78 is 5.83. The van der Waals surface area contributed by atoms with Crippen LogP contribution in [0.25, 0.3) is 0 Å². The summed E-state index contributed by atoms with van der Waals surface area (Å²) in [4.78, 5) is 12.5. The Hall–Kier alpha value is -2.67. The molecule has 1 N–H and O–H groups in total. The van der Waals surface area contributed by atoms with Crippen LogP contribution in [0.15, 0.2) is 42.7 Å². The van der Waals surface area contributed by atoms with Crippen LogP contribution in [0, 0.1) is 18.6 Å². The molecule has 0 saturated carbocycles. The molecule has 7 heteroatoms. The average Bonchev–Trinajstić information content (AvgIpc) is 3.20. The highest BCUT2D eigenvalue weighted by molar-refractivity contribution is 7.71. The van der Waals surface area contributed by atoms with Gasteiger partial charge in [-0.2, -0.15) is 5.10 Å². The molecule has 2 aromatic heterocycles. The SMILES string of the molecule is CCCc1nn(CC(=O)Nc2ccc(C)c(C)c2)c(=S)n1-n1cccc1. The molecule has 0 aliphatic carbocycles. The van der Waals surface area contributed by atoms with Gasteiger partial charge in [0.05, 0.1) is 0 Å². The molecule has 6 nitrogen and oxygen atoms in total. The molecule has 136 valence electrons. The van der Waals surface area contributed by atoms with E-state index in [1.807, 2.05) is 65.9 Å². The number of rotatable bonds is 6. The largest absolute Gasteiger partial charge is 0.324 e. The first-order chi connectivity index (χ1) is 12.5. The van der Waals surface area contributed by atoms with Gasteiger partial charge >= 0.3 is 0 Å². The third-order valence-corrected chi connectivity index (χ3v) is 4.64. The fourth-order valence-corrected chi connectivity index (χ4v) is 3.08. The molecule has 1 aromatic carbocycles. The van der Waals surface area contributed by atoms with Gasteiger partial charge in [0.2, 0.25) is 10.7 Å². The number of anilines is 1. The number of amides is 1. The maximum atomic E-state index is 12.5. The first-order valence-electron chi connectivity index (χ1n) is 8.69. The number of carbonyl (C=O) groups is 1. The van der Waals surface area contributed by atoms with Crippen LogP contribution in [-0.4, -0.2) is 25.0 Å². The zero-order valence-corrected chi connectivity index (χ0v) is 16.1. The fraction of sp³-hybridized carbons (Fsp3) is 0.316. The molecule has 0 unspecified atom stereocenters. The Labute approximate surface area is 158 Å². The molecule has 0 fully saturated rings. The van der Waals surface area contributed by atoms with Gasteiger partial charge in [0.15, 0.2) is 5.82 Å². The van der Waals surface area contributed by atoms with Gasteiger partial charge in [-0.1, -0.05) is 13.0 Å². The fourth-order valence-electron chi connectivity index (χ4n) is 2.77. The first kappa shape index (κ1) is 18.1. The van der Waals surface area contributed by atoms with Gasteiger partial charge in [-0.25, -0.2) is 9.36 Å². The third-order valence-electron chi connectivity index (χ3n) is 4.26. The van der Waals surface area contributed by atoms with Crippen LogP contribution in [0.3, 0.4) is 0 Å². The van der Waals surface area contributed by atoms with Crippen LogP contribution in [0.5, 0.6) is 0 Å². The van der Waals surface area contributed by atoms with E-state index >= 15 is 0 Å². The first-order valence-corrected chi connectivity index (χ1v) is 9.10. The lowest BCUT2D eigenvalue weighted by atomic mass is 10.1. The molecule has 1 amide bonds. The highest BCUT2D eigenvalue weighted by atomic mass is 32.1. The van der Waals surface area contributed by atoms with Crippen molar-refractivity contribution in [3.63, 3.8) is 0 Å². The zero-order valence-electron chi connectivity index (χ0n) is 15.3. The Balaban J connectivity index is 1.83. The Morgan fingerprint density at radius 3 is 2.58 bits per heavy atom. The zero-order chi connectivity index (χ0) is 18.7. The van der Waals surface area contributed by atoms with Gasteiger partial charge in [-0.05, 0) is 67.9 Å². The third kappa shape index (κ3) is 3.77. The molecule has 0 atom stereocenters. The van der Waals surface area contributed by atoms with E-state index in [0.717, 1.165) is 29.9 Å². The minimum Gasteiger partial charge on any atom is -0.324 e. The quantitative estimate of drug-likeness (QED) is 0.674.